The van der Waals surface area contributed by atoms with Crippen LogP contribution in [0.3, 0.4) is 0 Å². The average Bonchev–Trinajstić information content (AvgIpc) is 2.55. The van der Waals surface area contributed by atoms with Gasteiger partial charge in [0.1, 0.15) is 0 Å². The van der Waals surface area contributed by atoms with E-state index in [0.29, 0.717) is 21.4 Å². The fraction of sp³-hybridized carbons (Fsp3) is 0.353. The summed E-state index contributed by atoms with van der Waals surface area (Å²) in [7, 11) is 0. The number of halogens is 1. The predicted octanol–water partition coefficient (Wildman–Crippen LogP) is 1.15. The second kappa shape index (κ2) is 9.25. The molecular weight excluding hydrogens is 411 g/mol. The number of ether oxygens (including phenoxy) is 2. The SMILES string of the molecule is C[I-]C(=O)SCCOc1ccc(OC2C=CC=CC2C)cc1. The average molecular weight is 431 g/mol. The molecule has 120 valence electrons. The van der Waals surface area contributed by atoms with Crippen LogP contribution in [0.15, 0.2) is 48.6 Å². The molecule has 0 fully saturated rings. The number of carbonyl (C=O) groups is 1. The van der Waals surface area contributed by atoms with Gasteiger partial charge in [0.2, 0.25) is 0 Å². The third kappa shape index (κ3) is 5.68. The number of thioether (sulfide) groups is 1. The van der Waals surface area contributed by atoms with Crippen molar-refractivity contribution in [2.45, 2.75) is 13.0 Å². The summed E-state index contributed by atoms with van der Waals surface area (Å²) in [5, 5.41) is 0. The Labute approximate surface area is 146 Å². The third-order valence-corrected chi connectivity index (χ3v) is 6.61. The Morgan fingerprint density at radius 2 is 1.86 bits per heavy atom. The standard InChI is InChI=1S/C17H20IO3S/c1-13-5-3-4-6-16(13)21-15-9-7-14(8-10-15)20-11-12-22-17(19)18-2/h3-10,13,16H,11-12H2,1-2H3/q-1. The molecule has 2 unspecified atom stereocenters. The summed E-state index contributed by atoms with van der Waals surface area (Å²) in [6.07, 6.45) is 8.35. The summed E-state index contributed by atoms with van der Waals surface area (Å²) >= 11 is 1.06. The zero-order valence-corrected chi connectivity index (χ0v) is 15.7. The molecule has 1 aromatic rings. The van der Waals surface area contributed by atoms with Crippen LogP contribution in [0.5, 0.6) is 11.5 Å². The number of hydrogen-bond donors (Lipinski definition) is 0. The minimum absolute atomic E-state index is 0.0801. The van der Waals surface area contributed by atoms with E-state index >= 15 is 0 Å². The van der Waals surface area contributed by atoms with E-state index in [9.17, 15) is 4.79 Å². The number of hydrogen-bond acceptors (Lipinski definition) is 4. The molecule has 0 bridgehead atoms. The third-order valence-electron chi connectivity index (χ3n) is 3.16. The van der Waals surface area contributed by atoms with Crippen LogP contribution in [0.2, 0.25) is 0 Å². The Morgan fingerprint density at radius 3 is 2.55 bits per heavy atom. The van der Waals surface area contributed by atoms with E-state index in [0.717, 1.165) is 11.5 Å². The van der Waals surface area contributed by atoms with Gasteiger partial charge in [-0.1, -0.05) is 25.2 Å². The van der Waals surface area contributed by atoms with Gasteiger partial charge in [0.15, 0.2) is 0 Å². The van der Waals surface area contributed by atoms with Crippen LogP contribution in [-0.4, -0.2) is 26.5 Å². The molecule has 0 N–H and O–H groups in total. The van der Waals surface area contributed by atoms with E-state index in [-0.39, 0.29) is 27.3 Å². The summed E-state index contributed by atoms with van der Waals surface area (Å²) in [6.45, 7) is 2.69. The first-order chi connectivity index (χ1) is 10.7. The number of carbonyl (C=O) groups excluding carboxylic acids is 1. The van der Waals surface area contributed by atoms with Crippen molar-refractivity contribution in [3.05, 3.63) is 48.6 Å². The molecule has 0 saturated heterocycles. The van der Waals surface area contributed by atoms with Gasteiger partial charge >= 0.3 is 122 Å². The van der Waals surface area contributed by atoms with Crippen LogP contribution in [0, 0.1) is 5.92 Å². The summed E-state index contributed by atoms with van der Waals surface area (Å²) in [6, 6.07) is 7.65. The topological polar surface area (TPSA) is 35.5 Å². The predicted molar refractivity (Wildman–Crippen MR) is 87.6 cm³/mol. The molecule has 0 aliphatic heterocycles. The Balaban J connectivity index is 1.77. The van der Waals surface area contributed by atoms with Gasteiger partial charge in [0, 0.05) is 0 Å². The van der Waals surface area contributed by atoms with Gasteiger partial charge < -0.3 is 0 Å². The second-order valence-electron chi connectivity index (χ2n) is 4.81. The van der Waals surface area contributed by atoms with E-state index in [1.807, 2.05) is 41.3 Å². The van der Waals surface area contributed by atoms with E-state index in [2.05, 4.69) is 19.1 Å². The Bertz CT molecular complexity index is 539. The molecule has 1 aliphatic rings. The molecule has 1 aromatic carbocycles. The van der Waals surface area contributed by atoms with Crippen molar-refractivity contribution in [1.29, 1.82) is 0 Å². The molecule has 1 aliphatic carbocycles. The van der Waals surface area contributed by atoms with Gasteiger partial charge in [-0.2, -0.15) is 0 Å². The van der Waals surface area contributed by atoms with Gasteiger partial charge in [-0.05, 0) is 0 Å². The fourth-order valence-corrected chi connectivity index (χ4v) is 3.98. The molecule has 0 heterocycles. The van der Waals surface area contributed by atoms with Gasteiger partial charge in [0.25, 0.3) is 0 Å². The molecule has 0 saturated carbocycles. The molecule has 2 atom stereocenters. The van der Waals surface area contributed by atoms with Gasteiger partial charge in [-0.15, -0.1) is 0 Å². The van der Waals surface area contributed by atoms with Crippen molar-refractivity contribution in [2.24, 2.45) is 5.92 Å². The minimum atomic E-state index is -0.304. The van der Waals surface area contributed by atoms with Crippen molar-refractivity contribution in [3.63, 3.8) is 0 Å². The summed E-state index contributed by atoms with van der Waals surface area (Å²) in [5.74, 6) is 2.72. The van der Waals surface area contributed by atoms with E-state index < -0.39 is 0 Å². The van der Waals surface area contributed by atoms with Crippen LogP contribution in [0.25, 0.3) is 0 Å². The molecule has 0 amide bonds. The summed E-state index contributed by atoms with van der Waals surface area (Å²) in [4.78, 5) is 13.2. The molecule has 0 radical (unpaired) electrons. The zero-order valence-electron chi connectivity index (χ0n) is 12.7. The molecule has 22 heavy (non-hydrogen) atoms. The molecular formula is C17H20IO3S-. The molecule has 0 spiro atoms. The van der Waals surface area contributed by atoms with Gasteiger partial charge in [0.05, 0.1) is 0 Å². The Hall–Kier alpha value is -0.950. The number of rotatable bonds is 7. The van der Waals surface area contributed by atoms with Crippen molar-refractivity contribution < 1.29 is 35.5 Å². The number of alkyl halides is 1. The van der Waals surface area contributed by atoms with Crippen LogP contribution in [0.4, 0.5) is 4.79 Å². The Kier molecular flexibility index (Phi) is 7.32. The van der Waals surface area contributed by atoms with E-state index in [1.165, 1.54) is 11.8 Å². The van der Waals surface area contributed by atoms with Crippen LogP contribution < -0.4 is 30.7 Å². The summed E-state index contributed by atoms with van der Waals surface area (Å²) < 4.78 is 11.9. The maximum absolute atomic E-state index is 11.2. The first-order valence-corrected chi connectivity index (χ1v) is 11.3. The monoisotopic (exact) mass is 431 g/mol. The molecule has 3 nitrogen and oxygen atoms in total. The zero-order chi connectivity index (χ0) is 15.8. The first-order valence-electron chi connectivity index (χ1n) is 7.10. The van der Waals surface area contributed by atoms with Gasteiger partial charge in [-0.25, -0.2) is 0 Å². The number of benzene rings is 1. The van der Waals surface area contributed by atoms with Crippen molar-refractivity contribution in [2.75, 3.05) is 17.3 Å². The summed E-state index contributed by atoms with van der Waals surface area (Å²) in [5.41, 5.74) is 0. The first kappa shape index (κ1) is 17.4. The van der Waals surface area contributed by atoms with E-state index in [1.54, 1.807) is 0 Å². The normalized spacial score (nSPS) is 20.1. The van der Waals surface area contributed by atoms with Crippen LogP contribution >= 0.6 is 11.8 Å². The number of allylic oxidation sites excluding steroid dienone is 2. The fourth-order valence-electron chi connectivity index (χ4n) is 1.95. The maximum atomic E-state index is 11.2. The van der Waals surface area contributed by atoms with Crippen LogP contribution in [0.1, 0.15) is 6.92 Å². The van der Waals surface area contributed by atoms with Crippen molar-refractivity contribution >= 4 is 14.9 Å². The molecule has 0 aromatic heterocycles. The Morgan fingerprint density at radius 1 is 1.18 bits per heavy atom. The van der Waals surface area contributed by atoms with Crippen molar-refractivity contribution in [3.8, 4) is 11.5 Å². The van der Waals surface area contributed by atoms with Gasteiger partial charge in [-0.3, -0.25) is 0 Å². The molecule has 5 heteroatoms. The molecule has 2 rings (SSSR count). The van der Waals surface area contributed by atoms with E-state index in [4.69, 9.17) is 9.47 Å². The van der Waals surface area contributed by atoms with Crippen LogP contribution in [-0.2, 0) is 0 Å². The second-order valence-corrected chi connectivity index (χ2v) is 8.66. The quantitative estimate of drug-likeness (QED) is 0.281. The van der Waals surface area contributed by atoms with Crippen molar-refractivity contribution in [1.82, 2.24) is 0 Å².